The second-order valence-electron chi connectivity index (χ2n) is 14.6. The van der Waals surface area contributed by atoms with Crippen molar-refractivity contribution in [1.82, 2.24) is 24.5 Å². The van der Waals surface area contributed by atoms with E-state index < -0.39 is 0 Å². The minimum absolute atomic E-state index is 0.613. The van der Waals surface area contributed by atoms with Crippen LogP contribution in [0.1, 0.15) is 0 Å². The Morgan fingerprint density at radius 1 is 0.362 bits per heavy atom. The fourth-order valence-electron chi connectivity index (χ4n) is 8.56. The van der Waals surface area contributed by atoms with Gasteiger partial charge in [-0.05, 0) is 29.3 Å². The van der Waals surface area contributed by atoms with Crippen molar-refractivity contribution in [3.05, 3.63) is 188 Å². The van der Waals surface area contributed by atoms with E-state index in [0.717, 1.165) is 98.6 Å². The van der Waals surface area contributed by atoms with Crippen molar-refractivity contribution in [2.75, 3.05) is 0 Å². The van der Waals surface area contributed by atoms with Crippen LogP contribution in [0.4, 0.5) is 0 Å². The zero-order valence-electron chi connectivity index (χ0n) is 31.0. The third-order valence-electron chi connectivity index (χ3n) is 11.2. The molecule has 12 aromatic rings. The maximum Gasteiger partial charge on any atom is 0.235 e. The Labute approximate surface area is 337 Å². The molecule has 0 fully saturated rings. The lowest BCUT2D eigenvalue weighted by molar-refractivity contribution is 1.02. The van der Waals surface area contributed by atoms with E-state index in [1.54, 1.807) is 11.3 Å². The Bertz CT molecular complexity index is 3540. The fraction of sp³-hybridized carbons (Fsp3) is 0. The monoisotopic (exact) mass is 757 g/mol. The van der Waals surface area contributed by atoms with Gasteiger partial charge in [-0.15, -0.1) is 11.3 Å². The van der Waals surface area contributed by atoms with Gasteiger partial charge in [0.15, 0.2) is 0 Å². The summed E-state index contributed by atoms with van der Waals surface area (Å²) in [5.74, 6) is 0.613. The van der Waals surface area contributed by atoms with Gasteiger partial charge in [-0.3, -0.25) is 4.57 Å². The number of benzene rings is 8. The normalized spacial score (nSPS) is 11.8. The van der Waals surface area contributed by atoms with Crippen molar-refractivity contribution >= 4 is 75.3 Å². The third-order valence-corrected chi connectivity index (χ3v) is 12.4. The topological polar surface area (TPSA) is 56.5 Å². The number of aromatic nitrogens is 5. The van der Waals surface area contributed by atoms with Gasteiger partial charge >= 0.3 is 0 Å². The summed E-state index contributed by atoms with van der Waals surface area (Å²) in [6.07, 6.45) is 0. The van der Waals surface area contributed by atoms with Crippen LogP contribution in [0.3, 0.4) is 0 Å². The zero-order chi connectivity index (χ0) is 38.2. The van der Waals surface area contributed by atoms with Crippen molar-refractivity contribution in [2.24, 2.45) is 0 Å². The first-order valence-electron chi connectivity index (χ1n) is 19.4. The number of para-hydroxylation sites is 2. The molecule has 5 nitrogen and oxygen atoms in total. The zero-order valence-corrected chi connectivity index (χ0v) is 31.9. The predicted octanol–water partition coefficient (Wildman–Crippen LogP) is 13.7. The maximum atomic E-state index is 5.68. The quantitative estimate of drug-likeness (QED) is 0.175. The van der Waals surface area contributed by atoms with Gasteiger partial charge < -0.3 is 0 Å². The molecule has 0 saturated heterocycles. The van der Waals surface area contributed by atoms with Crippen molar-refractivity contribution < 1.29 is 0 Å². The molecule has 0 amide bonds. The highest BCUT2D eigenvalue weighted by atomic mass is 32.1. The van der Waals surface area contributed by atoms with Crippen LogP contribution >= 0.6 is 11.3 Å². The largest absolute Gasteiger partial charge is 0.276 e. The van der Waals surface area contributed by atoms with Gasteiger partial charge in [0.25, 0.3) is 0 Å². The summed E-state index contributed by atoms with van der Waals surface area (Å²) in [6.45, 7) is 0. The Morgan fingerprint density at radius 2 is 0.862 bits per heavy atom. The Kier molecular flexibility index (Phi) is 7.33. The summed E-state index contributed by atoms with van der Waals surface area (Å²) < 4.78 is 4.59. The van der Waals surface area contributed by atoms with Gasteiger partial charge in [-0.2, -0.15) is 0 Å². The molecule has 12 rings (SSSR count). The van der Waals surface area contributed by atoms with E-state index >= 15 is 0 Å². The molecule has 0 bridgehead atoms. The second kappa shape index (κ2) is 13.0. The van der Waals surface area contributed by atoms with Gasteiger partial charge in [-0.1, -0.05) is 170 Å². The number of thiophene rings is 1. The molecule has 6 heteroatoms. The lowest BCUT2D eigenvalue weighted by atomic mass is 10.0. The average Bonchev–Trinajstić information content (AvgIpc) is 3.86. The van der Waals surface area contributed by atoms with Crippen LogP contribution in [0.15, 0.2) is 188 Å². The minimum Gasteiger partial charge on any atom is -0.276 e. The Hall–Kier alpha value is -7.54. The molecule has 0 radical (unpaired) electrons. The molecule has 4 heterocycles. The maximum absolute atomic E-state index is 5.68. The first-order chi connectivity index (χ1) is 28.8. The number of rotatable bonds is 5. The average molecular weight is 758 g/mol. The molecule has 0 aliphatic carbocycles. The van der Waals surface area contributed by atoms with Crippen LogP contribution in [-0.4, -0.2) is 24.5 Å². The van der Waals surface area contributed by atoms with Crippen LogP contribution in [0.5, 0.6) is 0 Å². The van der Waals surface area contributed by atoms with Crippen LogP contribution < -0.4 is 0 Å². The van der Waals surface area contributed by atoms with E-state index in [1.807, 2.05) is 18.2 Å². The second-order valence-corrected chi connectivity index (χ2v) is 15.6. The molecule has 8 aromatic carbocycles. The van der Waals surface area contributed by atoms with E-state index in [2.05, 4.69) is 174 Å². The van der Waals surface area contributed by atoms with Gasteiger partial charge in [0.2, 0.25) is 5.95 Å². The number of hydrogen-bond acceptors (Lipinski definition) is 5. The molecule has 0 atom stereocenters. The van der Waals surface area contributed by atoms with Gasteiger partial charge in [0.05, 0.1) is 43.8 Å². The van der Waals surface area contributed by atoms with Gasteiger partial charge in [0.1, 0.15) is 5.52 Å². The molecule has 0 unspecified atom stereocenters. The molecule has 0 saturated carbocycles. The highest BCUT2D eigenvalue weighted by Gasteiger charge is 2.26. The van der Waals surface area contributed by atoms with Crippen molar-refractivity contribution in [3.8, 4) is 50.8 Å². The smallest absolute Gasteiger partial charge is 0.235 e. The van der Waals surface area contributed by atoms with E-state index in [-0.39, 0.29) is 0 Å². The third kappa shape index (κ3) is 5.02. The van der Waals surface area contributed by atoms with Gasteiger partial charge in [-0.25, -0.2) is 19.9 Å². The highest BCUT2D eigenvalue weighted by molar-refractivity contribution is 7.27. The summed E-state index contributed by atoms with van der Waals surface area (Å²) in [5.41, 5.74) is 12.7. The molecule has 0 aliphatic rings. The Morgan fingerprint density at radius 3 is 1.55 bits per heavy atom. The predicted molar refractivity (Wildman–Crippen MR) is 242 cm³/mol. The molecule has 0 N–H and O–H groups in total. The number of fused-ring (bicyclic) bond motifs is 11. The van der Waals surface area contributed by atoms with E-state index in [4.69, 9.17) is 19.9 Å². The Balaban J connectivity index is 1.22. The van der Waals surface area contributed by atoms with E-state index in [0.29, 0.717) is 5.95 Å². The first kappa shape index (κ1) is 32.7. The standard InChI is InChI=1S/C52H31N5S/c1-4-16-32(17-5-1)33-28-30-36(31-29-33)45-37-22-10-13-25-40(37)53-52(56-45)57-41-26-14-11-23-38(41)43-48-49(44-39-24-12-15-27-42(39)58-51(44)50(43)57)55-47(35-20-8-3-9-21-35)46(54-48)34-18-6-2-7-19-34/h1-31H. The lowest BCUT2D eigenvalue weighted by Crippen LogP contribution is -2.04. The van der Waals surface area contributed by atoms with Crippen molar-refractivity contribution in [2.45, 2.75) is 0 Å². The van der Waals surface area contributed by atoms with Crippen LogP contribution in [0.2, 0.25) is 0 Å². The fourth-order valence-corrected chi connectivity index (χ4v) is 9.81. The first-order valence-corrected chi connectivity index (χ1v) is 20.2. The summed E-state index contributed by atoms with van der Waals surface area (Å²) in [4.78, 5) is 22.2. The van der Waals surface area contributed by atoms with Crippen molar-refractivity contribution in [3.63, 3.8) is 0 Å². The summed E-state index contributed by atoms with van der Waals surface area (Å²) >= 11 is 1.79. The molecular formula is C52H31N5S. The SMILES string of the molecule is c1ccc(-c2ccc(-c3nc(-n4c5ccccc5c5c6nc(-c7ccccc7)c(-c7ccccc7)nc6c6c7ccccc7sc6c54)nc4ccccc34)cc2)cc1. The molecule has 58 heavy (non-hydrogen) atoms. The summed E-state index contributed by atoms with van der Waals surface area (Å²) in [5, 5.41) is 5.37. The molecule has 4 aromatic heterocycles. The van der Waals surface area contributed by atoms with Crippen molar-refractivity contribution in [1.29, 1.82) is 0 Å². The van der Waals surface area contributed by atoms with E-state index in [1.165, 1.54) is 10.3 Å². The van der Waals surface area contributed by atoms with Crippen LogP contribution in [0, 0.1) is 0 Å². The number of hydrogen-bond donors (Lipinski definition) is 0. The molecule has 0 aliphatic heterocycles. The van der Waals surface area contributed by atoms with Gasteiger partial charge in [0, 0.05) is 48.3 Å². The highest BCUT2D eigenvalue weighted by Crippen LogP contribution is 2.48. The summed E-state index contributed by atoms with van der Waals surface area (Å²) in [7, 11) is 0. The van der Waals surface area contributed by atoms with Crippen LogP contribution in [-0.2, 0) is 0 Å². The summed E-state index contributed by atoms with van der Waals surface area (Å²) in [6, 6.07) is 65.6. The lowest BCUT2D eigenvalue weighted by Gasteiger charge is -2.14. The van der Waals surface area contributed by atoms with Crippen LogP contribution in [0.25, 0.3) is 115 Å². The minimum atomic E-state index is 0.613. The molecular weight excluding hydrogens is 727 g/mol. The molecule has 270 valence electrons. The van der Waals surface area contributed by atoms with E-state index in [9.17, 15) is 0 Å². The number of nitrogens with zero attached hydrogens (tertiary/aromatic N) is 5. The molecule has 0 spiro atoms.